The smallest absolute Gasteiger partial charge is 0.325 e. The number of nitrogens with one attached hydrogen (secondary N) is 1. The van der Waals surface area contributed by atoms with E-state index in [1.54, 1.807) is 31.2 Å². The summed E-state index contributed by atoms with van der Waals surface area (Å²) in [7, 11) is 0. The molecule has 0 aliphatic carbocycles. The van der Waals surface area contributed by atoms with E-state index in [9.17, 15) is 14.4 Å². The number of nitrogens with zero attached hydrogens (tertiary/aromatic N) is 2. The molecule has 0 spiro atoms. The number of carbonyl (C=O) groups is 3. The average Bonchev–Trinajstić information content (AvgIpc) is 3.40. The quantitative estimate of drug-likeness (QED) is 0.546. The van der Waals surface area contributed by atoms with Crippen molar-refractivity contribution in [3.05, 3.63) is 57.9 Å². The minimum absolute atomic E-state index is 0.148. The van der Waals surface area contributed by atoms with Crippen LogP contribution < -0.4 is 5.32 Å². The maximum absolute atomic E-state index is 13.2. The Bertz CT molecular complexity index is 1060. The summed E-state index contributed by atoms with van der Waals surface area (Å²) in [5.74, 6) is -0.772. The van der Waals surface area contributed by atoms with Gasteiger partial charge in [-0.25, -0.2) is 4.79 Å². The molecule has 8 heteroatoms. The van der Waals surface area contributed by atoms with Gasteiger partial charge in [-0.1, -0.05) is 29.8 Å². The van der Waals surface area contributed by atoms with Gasteiger partial charge in [-0.3, -0.25) is 14.5 Å². The minimum atomic E-state index is -1.31. The van der Waals surface area contributed by atoms with Crippen LogP contribution in [0.25, 0.3) is 0 Å². The number of urea groups is 1. The lowest BCUT2D eigenvalue weighted by Crippen LogP contribution is -2.41. The third kappa shape index (κ3) is 3.77. The highest BCUT2D eigenvalue weighted by atomic mass is 35.5. The lowest BCUT2D eigenvalue weighted by Gasteiger charge is -2.23. The van der Waals surface area contributed by atoms with Crippen LogP contribution in [0.15, 0.2) is 30.3 Å². The van der Waals surface area contributed by atoms with E-state index >= 15 is 0 Å². The zero-order valence-electron chi connectivity index (χ0n) is 17.9. The highest BCUT2D eigenvalue weighted by Crippen LogP contribution is 2.33. The van der Waals surface area contributed by atoms with E-state index in [2.05, 4.69) is 9.88 Å². The minimum Gasteiger partial charge on any atom is -0.376 e. The van der Waals surface area contributed by atoms with Crippen molar-refractivity contribution in [1.82, 2.24) is 14.8 Å². The molecule has 1 aromatic heterocycles. The molecule has 0 radical (unpaired) electrons. The summed E-state index contributed by atoms with van der Waals surface area (Å²) in [4.78, 5) is 39.8. The number of hydrogen-bond acceptors (Lipinski definition) is 4. The SMILES string of the molecule is Cc1cc(C(=O)CN2C(=O)N[C@](C)(c3ccccc3Cl)C2=O)c(C)n1C[C@@H]1CCCO1. The fraction of sp³-hybridized carbons (Fsp3) is 0.435. The second kappa shape index (κ2) is 8.13. The van der Waals surface area contributed by atoms with Gasteiger partial charge in [-0.15, -0.1) is 0 Å². The lowest BCUT2D eigenvalue weighted by molar-refractivity contribution is -0.130. The number of carbonyl (C=O) groups excluding carboxylic acids is 3. The van der Waals surface area contributed by atoms with Gasteiger partial charge in [0.05, 0.1) is 12.6 Å². The van der Waals surface area contributed by atoms with Gasteiger partial charge in [0.25, 0.3) is 5.91 Å². The molecule has 2 fully saturated rings. The predicted octanol–water partition coefficient (Wildman–Crippen LogP) is 3.59. The van der Waals surface area contributed by atoms with Gasteiger partial charge in [0.1, 0.15) is 5.54 Å². The molecular weight excluding hydrogens is 418 g/mol. The van der Waals surface area contributed by atoms with Crippen LogP contribution in [0, 0.1) is 13.8 Å². The van der Waals surface area contributed by atoms with Crippen LogP contribution in [-0.4, -0.2) is 46.4 Å². The Morgan fingerprint density at radius 1 is 1.29 bits per heavy atom. The van der Waals surface area contributed by atoms with Crippen molar-refractivity contribution >= 4 is 29.3 Å². The summed E-state index contributed by atoms with van der Waals surface area (Å²) in [5.41, 5.74) is 1.47. The molecule has 2 aromatic rings. The summed E-state index contributed by atoms with van der Waals surface area (Å²) in [6.45, 7) is 6.57. The Hall–Kier alpha value is -2.64. The lowest BCUT2D eigenvalue weighted by atomic mass is 9.92. The number of aryl methyl sites for hydroxylation is 1. The van der Waals surface area contributed by atoms with Gasteiger partial charge >= 0.3 is 6.03 Å². The second-order valence-electron chi connectivity index (χ2n) is 8.38. The summed E-state index contributed by atoms with van der Waals surface area (Å²) in [6.07, 6.45) is 2.20. The molecule has 2 atom stereocenters. The predicted molar refractivity (Wildman–Crippen MR) is 116 cm³/mol. The van der Waals surface area contributed by atoms with Crippen molar-refractivity contribution < 1.29 is 19.1 Å². The Labute approximate surface area is 186 Å². The van der Waals surface area contributed by atoms with Crippen LogP contribution >= 0.6 is 11.6 Å². The van der Waals surface area contributed by atoms with Crippen molar-refractivity contribution in [3.8, 4) is 0 Å². The maximum atomic E-state index is 13.2. The number of aromatic nitrogens is 1. The topological polar surface area (TPSA) is 80.6 Å². The first-order chi connectivity index (χ1) is 14.7. The fourth-order valence-corrected chi connectivity index (χ4v) is 4.80. The standard InChI is InChI=1S/C23H26ClN3O4/c1-14-11-17(15(2)26(14)12-16-7-6-10-31-16)20(28)13-27-21(29)23(3,25-22(27)30)18-8-4-5-9-19(18)24/h4-5,8-9,11,16H,6-7,10,12-13H2,1-3H3,(H,25,30)/t16-,23+/m0/s1. The van der Waals surface area contributed by atoms with Crippen LogP contribution in [0.5, 0.6) is 0 Å². The molecule has 31 heavy (non-hydrogen) atoms. The normalized spacial score (nSPS) is 23.5. The van der Waals surface area contributed by atoms with E-state index in [0.717, 1.165) is 35.7 Å². The monoisotopic (exact) mass is 443 g/mol. The van der Waals surface area contributed by atoms with Crippen molar-refractivity contribution in [1.29, 1.82) is 0 Å². The Kier molecular flexibility index (Phi) is 5.66. The van der Waals surface area contributed by atoms with E-state index in [4.69, 9.17) is 16.3 Å². The molecule has 2 aliphatic heterocycles. The Balaban J connectivity index is 1.54. The molecule has 2 aliphatic rings. The van der Waals surface area contributed by atoms with Gasteiger partial charge in [0.2, 0.25) is 0 Å². The summed E-state index contributed by atoms with van der Waals surface area (Å²) >= 11 is 6.27. The number of Topliss-reactive ketones (excluding diaryl/α,β-unsaturated/α-hetero) is 1. The van der Waals surface area contributed by atoms with Crippen LogP contribution in [0.4, 0.5) is 4.79 Å². The highest BCUT2D eigenvalue weighted by Gasteiger charge is 2.50. The van der Waals surface area contributed by atoms with Gasteiger partial charge in [0.15, 0.2) is 5.78 Å². The summed E-state index contributed by atoms with van der Waals surface area (Å²) in [6, 6.07) is 8.09. The molecule has 4 rings (SSSR count). The van der Waals surface area contributed by atoms with Crippen molar-refractivity contribution in [2.45, 2.75) is 51.8 Å². The molecule has 1 N–H and O–H groups in total. The van der Waals surface area contributed by atoms with E-state index in [-0.39, 0.29) is 18.4 Å². The molecule has 3 amide bonds. The average molecular weight is 444 g/mol. The van der Waals surface area contributed by atoms with Crippen LogP contribution in [0.2, 0.25) is 5.02 Å². The number of hydrogen-bond donors (Lipinski definition) is 1. The van der Waals surface area contributed by atoms with Crippen LogP contribution in [0.3, 0.4) is 0 Å². The second-order valence-corrected chi connectivity index (χ2v) is 8.79. The van der Waals surface area contributed by atoms with E-state index in [0.29, 0.717) is 22.7 Å². The first-order valence-electron chi connectivity index (χ1n) is 10.4. The third-order valence-electron chi connectivity index (χ3n) is 6.27. The summed E-state index contributed by atoms with van der Waals surface area (Å²) in [5, 5.41) is 3.08. The van der Waals surface area contributed by atoms with Crippen molar-refractivity contribution in [2.24, 2.45) is 0 Å². The summed E-state index contributed by atoms with van der Waals surface area (Å²) < 4.78 is 7.80. The largest absolute Gasteiger partial charge is 0.376 e. The van der Waals surface area contributed by atoms with Gasteiger partial charge in [-0.2, -0.15) is 0 Å². The van der Waals surface area contributed by atoms with Gasteiger partial charge < -0.3 is 14.6 Å². The molecule has 1 aromatic carbocycles. The Morgan fingerprint density at radius 2 is 2.03 bits per heavy atom. The molecule has 7 nitrogen and oxygen atoms in total. The first kappa shape index (κ1) is 21.6. The number of benzene rings is 1. The van der Waals surface area contributed by atoms with Gasteiger partial charge in [0, 0.05) is 40.7 Å². The molecule has 0 bridgehead atoms. The Morgan fingerprint density at radius 3 is 2.71 bits per heavy atom. The molecular formula is C23H26ClN3O4. The fourth-order valence-electron chi connectivity index (χ4n) is 4.47. The zero-order chi connectivity index (χ0) is 22.3. The van der Waals surface area contributed by atoms with E-state index in [1.807, 2.05) is 19.9 Å². The maximum Gasteiger partial charge on any atom is 0.325 e. The molecule has 0 saturated carbocycles. The van der Waals surface area contributed by atoms with E-state index < -0.39 is 17.5 Å². The number of ketones is 1. The zero-order valence-corrected chi connectivity index (χ0v) is 18.7. The number of imide groups is 1. The van der Waals surface area contributed by atoms with Crippen LogP contribution in [-0.2, 0) is 21.6 Å². The van der Waals surface area contributed by atoms with Gasteiger partial charge in [-0.05, 0) is 45.7 Å². The third-order valence-corrected chi connectivity index (χ3v) is 6.60. The van der Waals surface area contributed by atoms with E-state index in [1.165, 1.54) is 0 Å². The number of rotatable bonds is 6. The van der Waals surface area contributed by atoms with Crippen molar-refractivity contribution in [3.63, 3.8) is 0 Å². The van der Waals surface area contributed by atoms with Crippen molar-refractivity contribution in [2.75, 3.05) is 13.2 Å². The molecule has 3 heterocycles. The highest BCUT2D eigenvalue weighted by molar-refractivity contribution is 6.32. The molecule has 0 unspecified atom stereocenters. The van der Waals surface area contributed by atoms with Crippen LogP contribution in [0.1, 0.15) is 47.1 Å². The molecule has 164 valence electrons. The molecule has 2 saturated heterocycles. The first-order valence-corrected chi connectivity index (χ1v) is 10.8. The number of ether oxygens (including phenoxy) is 1. The number of halogens is 1. The number of amides is 3.